The van der Waals surface area contributed by atoms with Crippen LogP contribution < -0.4 is 11.1 Å². The molecule has 0 bridgehead atoms. The largest absolute Gasteiger partial charge is 0.394 e. The number of ether oxygens (including phenoxy) is 1. The van der Waals surface area contributed by atoms with Crippen LogP contribution in [0, 0.1) is 5.92 Å². The lowest BCUT2D eigenvalue weighted by molar-refractivity contribution is -0.231. The number of carbonyl (C=O) groups is 2. The van der Waals surface area contributed by atoms with E-state index in [0.29, 0.717) is 19.4 Å². The molecule has 1 aliphatic heterocycles. The van der Waals surface area contributed by atoms with Crippen molar-refractivity contribution >= 4 is 11.8 Å². The third kappa shape index (κ3) is 21.9. The summed E-state index contributed by atoms with van der Waals surface area (Å²) >= 11 is 0. The second-order valence-corrected chi connectivity index (χ2v) is 16.0. The van der Waals surface area contributed by atoms with Crippen molar-refractivity contribution in [2.45, 2.75) is 238 Å². The molecular weight excluding hydrogens is 642 g/mol. The SMILES string of the molecule is CCCCCCCCCCCCCCCCCCN(C(=O)CCCCCCCCCCC)[C@@H]1O[C@H](CO)[C@@H](O)[C@H](O)[C@H]1NC(=O)[C@H](N)CC(C)C. The molecule has 9 nitrogen and oxygen atoms in total. The van der Waals surface area contributed by atoms with Crippen LogP contribution >= 0.6 is 0 Å². The lowest BCUT2D eigenvalue weighted by atomic mass is 9.94. The number of hydrogen-bond donors (Lipinski definition) is 5. The van der Waals surface area contributed by atoms with Crippen molar-refractivity contribution in [2.24, 2.45) is 11.7 Å². The summed E-state index contributed by atoms with van der Waals surface area (Å²) in [4.78, 5) is 28.6. The third-order valence-electron chi connectivity index (χ3n) is 10.6. The summed E-state index contributed by atoms with van der Waals surface area (Å²) in [5.74, 6) is -0.345. The highest BCUT2D eigenvalue weighted by atomic mass is 16.5. The number of carbonyl (C=O) groups excluding carboxylic acids is 2. The van der Waals surface area contributed by atoms with Crippen LogP contribution in [0.25, 0.3) is 0 Å². The maximum absolute atomic E-state index is 13.8. The van der Waals surface area contributed by atoms with Crippen LogP contribution in [0.15, 0.2) is 0 Å². The van der Waals surface area contributed by atoms with Gasteiger partial charge in [-0.05, 0) is 25.2 Å². The van der Waals surface area contributed by atoms with Gasteiger partial charge in [0.25, 0.3) is 0 Å². The average Bonchev–Trinajstić information content (AvgIpc) is 3.11. The van der Waals surface area contributed by atoms with Crippen molar-refractivity contribution < 1.29 is 29.6 Å². The highest BCUT2D eigenvalue weighted by molar-refractivity contribution is 5.82. The predicted molar refractivity (Wildman–Crippen MR) is 210 cm³/mol. The second-order valence-electron chi connectivity index (χ2n) is 16.0. The number of unbranched alkanes of at least 4 members (excludes halogenated alkanes) is 23. The van der Waals surface area contributed by atoms with E-state index >= 15 is 0 Å². The van der Waals surface area contributed by atoms with E-state index < -0.39 is 49.1 Å². The fourth-order valence-electron chi connectivity index (χ4n) is 7.36. The molecule has 6 N–H and O–H groups in total. The highest BCUT2D eigenvalue weighted by Gasteiger charge is 2.48. The standard InChI is InChI=1S/C42H83N3O6/c1-5-7-9-11-13-15-16-17-18-19-20-21-23-25-27-29-31-45(37(47)30-28-26-24-22-14-12-10-8-6-2)42-38(40(49)39(48)36(33-46)51-42)44-41(50)35(43)32-34(3)4/h34-36,38-40,42,46,48-49H,5-33,43H2,1-4H3,(H,44,50)/t35-,36-,38-,39-,40-,42-/m1/s1. The van der Waals surface area contributed by atoms with Crippen LogP contribution in [0.1, 0.15) is 201 Å². The number of hydrogen-bond acceptors (Lipinski definition) is 7. The van der Waals surface area contributed by atoms with Crippen molar-refractivity contribution in [3.05, 3.63) is 0 Å². The molecule has 1 fully saturated rings. The van der Waals surface area contributed by atoms with Gasteiger partial charge in [0.05, 0.1) is 12.6 Å². The molecule has 1 saturated heterocycles. The van der Waals surface area contributed by atoms with Gasteiger partial charge in [0.1, 0.15) is 24.4 Å². The van der Waals surface area contributed by atoms with Crippen molar-refractivity contribution in [3.8, 4) is 0 Å². The molecule has 51 heavy (non-hydrogen) atoms. The zero-order chi connectivity index (χ0) is 37.7. The van der Waals surface area contributed by atoms with Crippen molar-refractivity contribution in [1.82, 2.24) is 10.2 Å². The molecule has 6 atom stereocenters. The number of nitrogens with two attached hydrogens (primary N) is 1. The van der Waals surface area contributed by atoms with Gasteiger partial charge in [-0.15, -0.1) is 0 Å². The Balaban J connectivity index is 2.71. The fraction of sp³-hybridized carbons (Fsp3) is 0.952. The number of aliphatic hydroxyl groups is 3. The third-order valence-corrected chi connectivity index (χ3v) is 10.6. The molecule has 0 radical (unpaired) electrons. The van der Waals surface area contributed by atoms with E-state index in [1.165, 1.54) is 122 Å². The van der Waals surface area contributed by atoms with Crippen molar-refractivity contribution in [2.75, 3.05) is 13.2 Å². The summed E-state index contributed by atoms with van der Waals surface area (Å²) in [7, 11) is 0. The monoisotopic (exact) mass is 726 g/mol. The number of nitrogens with one attached hydrogen (secondary N) is 1. The summed E-state index contributed by atoms with van der Waals surface area (Å²) in [6.07, 6.45) is 26.4. The van der Waals surface area contributed by atoms with Crippen LogP contribution in [0.4, 0.5) is 0 Å². The van der Waals surface area contributed by atoms with Gasteiger partial charge in [0.2, 0.25) is 11.8 Å². The first-order chi connectivity index (χ1) is 24.7. The molecule has 302 valence electrons. The molecule has 0 unspecified atom stereocenters. The molecule has 0 aromatic rings. The Morgan fingerprint density at radius 2 is 1.08 bits per heavy atom. The molecule has 1 heterocycles. The van der Waals surface area contributed by atoms with E-state index in [4.69, 9.17) is 10.5 Å². The number of rotatable bonds is 33. The van der Waals surface area contributed by atoms with Crippen molar-refractivity contribution in [1.29, 1.82) is 0 Å². The van der Waals surface area contributed by atoms with E-state index in [0.717, 1.165) is 38.5 Å². The molecule has 0 aliphatic carbocycles. The molecule has 1 aliphatic rings. The molecule has 1 rings (SSSR count). The fourth-order valence-corrected chi connectivity index (χ4v) is 7.36. The number of aliphatic hydroxyl groups excluding tert-OH is 3. The zero-order valence-electron chi connectivity index (χ0n) is 33.6. The molecular formula is C42H83N3O6. The van der Waals surface area contributed by atoms with Gasteiger partial charge in [-0.2, -0.15) is 0 Å². The van der Waals surface area contributed by atoms with E-state index in [1.54, 1.807) is 4.90 Å². The quantitative estimate of drug-likeness (QED) is 0.0428. The summed E-state index contributed by atoms with van der Waals surface area (Å²) < 4.78 is 6.14. The normalized spacial score (nSPS) is 21.2. The summed E-state index contributed by atoms with van der Waals surface area (Å²) in [5, 5.41) is 34.7. The zero-order valence-corrected chi connectivity index (χ0v) is 33.6. The Bertz CT molecular complexity index is 845. The Hall–Kier alpha value is -1.26. The van der Waals surface area contributed by atoms with Crippen LogP contribution in [0.3, 0.4) is 0 Å². The summed E-state index contributed by atoms with van der Waals surface area (Å²) in [5.41, 5.74) is 6.17. The van der Waals surface area contributed by atoms with E-state index in [-0.39, 0.29) is 11.8 Å². The topological polar surface area (TPSA) is 145 Å². The minimum Gasteiger partial charge on any atom is -0.394 e. The van der Waals surface area contributed by atoms with E-state index in [9.17, 15) is 24.9 Å². The molecule has 0 aromatic carbocycles. The second kappa shape index (κ2) is 31.1. The number of amides is 2. The molecule has 0 spiro atoms. The van der Waals surface area contributed by atoms with Gasteiger partial charge in [-0.25, -0.2) is 0 Å². The first kappa shape index (κ1) is 47.8. The van der Waals surface area contributed by atoms with Gasteiger partial charge >= 0.3 is 0 Å². The maximum Gasteiger partial charge on any atom is 0.237 e. The average molecular weight is 726 g/mol. The van der Waals surface area contributed by atoms with Gasteiger partial charge in [-0.1, -0.05) is 175 Å². The Morgan fingerprint density at radius 1 is 0.667 bits per heavy atom. The minimum atomic E-state index is -1.43. The maximum atomic E-state index is 13.8. The van der Waals surface area contributed by atoms with Crippen LogP contribution in [-0.4, -0.2) is 81.8 Å². The van der Waals surface area contributed by atoms with Crippen LogP contribution in [-0.2, 0) is 14.3 Å². The summed E-state index contributed by atoms with van der Waals surface area (Å²) in [6, 6.07) is -1.86. The minimum absolute atomic E-state index is 0.0880. The lowest BCUT2D eigenvalue weighted by Crippen LogP contribution is -2.69. The molecule has 0 saturated carbocycles. The first-order valence-electron chi connectivity index (χ1n) is 21.7. The van der Waals surface area contributed by atoms with E-state index in [2.05, 4.69) is 19.2 Å². The Labute approximate surface area is 313 Å². The van der Waals surface area contributed by atoms with Gasteiger partial charge < -0.3 is 36.0 Å². The predicted octanol–water partition coefficient (Wildman–Crippen LogP) is 8.29. The van der Waals surface area contributed by atoms with Crippen LogP contribution in [0.5, 0.6) is 0 Å². The Morgan fingerprint density at radius 3 is 1.49 bits per heavy atom. The smallest absolute Gasteiger partial charge is 0.237 e. The van der Waals surface area contributed by atoms with E-state index in [1.807, 2.05) is 13.8 Å². The highest BCUT2D eigenvalue weighted by Crippen LogP contribution is 2.26. The molecule has 9 heteroatoms. The van der Waals surface area contributed by atoms with Gasteiger partial charge in [0.15, 0.2) is 6.23 Å². The number of nitrogens with zero attached hydrogens (tertiary/aromatic N) is 1. The summed E-state index contributed by atoms with van der Waals surface area (Å²) in [6.45, 7) is 8.36. The van der Waals surface area contributed by atoms with Gasteiger partial charge in [-0.3, -0.25) is 9.59 Å². The first-order valence-corrected chi connectivity index (χ1v) is 21.7. The Kier molecular flexibility index (Phi) is 29.1. The van der Waals surface area contributed by atoms with Crippen molar-refractivity contribution in [3.63, 3.8) is 0 Å². The molecule has 2 amide bonds. The van der Waals surface area contributed by atoms with Crippen LogP contribution in [0.2, 0.25) is 0 Å². The van der Waals surface area contributed by atoms with Gasteiger partial charge in [0, 0.05) is 13.0 Å². The lowest BCUT2D eigenvalue weighted by Gasteiger charge is -2.47. The molecule has 0 aromatic heterocycles.